The van der Waals surface area contributed by atoms with Crippen LogP contribution in [0.5, 0.6) is 0 Å². The summed E-state index contributed by atoms with van der Waals surface area (Å²) in [6, 6.07) is 2.45. The van der Waals surface area contributed by atoms with E-state index in [9.17, 15) is 27.2 Å². The van der Waals surface area contributed by atoms with Gasteiger partial charge in [-0.3, -0.25) is 4.79 Å². The van der Waals surface area contributed by atoms with Crippen LogP contribution in [0.3, 0.4) is 0 Å². The molecule has 2 atom stereocenters. The minimum atomic E-state index is -2.82. The van der Waals surface area contributed by atoms with Crippen molar-refractivity contribution < 1.29 is 36.4 Å². The highest BCUT2D eigenvalue weighted by molar-refractivity contribution is 5.94. The fourth-order valence-corrected chi connectivity index (χ4v) is 5.83. The van der Waals surface area contributed by atoms with Crippen LogP contribution in [0, 0.1) is 11.6 Å². The van der Waals surface area contributed by atoms with Crippen LogP contribution in [-0.4, -0.2) is 87.4 Å². The van der Waals surface area contributed by atoms with E-state index in [2.05, 4.69) is 25.4 Å². The van der Waals surface area contributed by atoms with Gasteiger partial charge in [0.25, 0.3) is 5.91 Å². The summed E-state index contributed by atoms with van der Waals surface area (Å²) in [6.45, 7) is 8.69. The average Bonchev–Trinajstić information content (AvgIpc) is 3.67. The van der Waals surface area contributed by atoms with Crippen LogP contribution in [0.15, 0.2) is 35.1 Å². The SMILES string of the molecule is CCN(C(=O)c1cnc(N2CC(NC(=O)OC(C)(C)C)C(c3cc(F)ccc3F)C2)nc1)C1CCN(c2nc(C(F)F)no2)CC1. The Hall–Kier alpha value is -4.50. The van der Waals surface area contributed by atoms with Crippen LogP contribution in [0.4, 0.5) is 34.3 Å². The molecule has 2 amide bonds. The molecule has 1 aromatic carbocycles. The van der Waals surface area contributed by atoms with Crippen LogP contribution < -0.4 is 15.1 Å². The number of aromatic nitrogens is 4. The predicted octanol–water partition coefficient (Wildman–Crippen LogP) is 4.70. The molecule has 2 aliphatic rings. The zero-order chi connectivity index (χ0) is 33.2. The minimum absolute atomic E-state index is 0.0277. The molecule has 16 heteroatoms. The van der Waals surface area contributed by atoms with Crippen LogP contribution in [0.1, 0.15) is 74.6 Å². The van der Waals surface area contributed by atoms with Crippen LogP contribution >= 0.6 is 0 Å². The first kappa shape index (κ1) is 32.9. The lowest BCUT2D eigenvalue weighted by Gasteiger charge is -2.37. The zero-order valence-corrected chi connectivity index (χ0v) is 25.9. The fraction of sp³-hybridized carbons (Fsp3) is 0.533. The number of carbonyl (C=O) groups is 2. The molecule has 12 nitrogen and oxygen atoms in total. The van der Waals surface area contributed by atoms with Crippen molar-refractivity contribution in [3.63, 3.8) is 0 Å². The molecule has 2 saturated heterocycles. The van der Waals surface area contributed by atoms with Gasteiger partial charge in [0.05, 0.1) is 11.6 Å². The maximum Gasteiger partial charge on any atom is 0.407 e. The first-order valence-corrected chi connectivity index (χ1v) is 15.0. The second-order valence-electron chi connectivity index (χ2n) is 12.2. The fourth-order valence-electron chi connectivity index (χ4n) is 5.83. The molecule has 4 heterocycles. The van der Waals surface area contributed by atoms with E-state index in [1.165, 1.54) is 12.4 Å². The Bertz CT molecular complexity index is 1530. The van der Waals surface area contributed by atoms with Crippen molar-refractivity contribution in [2.45, 2.75) is 70.6 Å². The van der Waals surface area contributed by atoms with Crippen molar-refractivity contribution in [2.75, 3.05) is 42.5 Å². The van der Waals surface area contributed by atoms with Crippen molar-refractivity contribution in [3.05, 3.63) is 59.2 Å². The van der Waals surface area contributed by atoms with E-state index < -0.39 is 47.5 Å². The molecule has 46 heavy (non-hydrogen) atoms. The molecular weight excluding hydrogens is 612 g/mol. The number of nitrogens with one attached hydrogen (secondary N) is 1. The summed E-state index contributed by atoms with van der Waals surface area (Å²) in [7, 11) is 0. The molecule has 248 valence electrons. The Kier molecular flexibility index (Phi) is 9.63. The number of halogens is 4. The van der Waals surface area contributed by atoms with Crippen LogP contribution in [0.25, 0.3) is 0 Å². The van der Waals surface area contributed by atoms with E-state index >= 15 is 0 Å². The second kappa shape index (κ2) is 13.5. The third kappa shape index (κ3) is 7.48. The summed E-state index contributed by atoms with van der Waals surface area (Å²) in [5, 5.41) is 6.09. The van der Waals surface area contributed by atoms with E-state index in [1.807, 2.05) is 6.92 Å². The monoisotopic (exact) mass is 648 g/mol. The third-order valence-corrected chi connectivity index (χ3v) is 7.95. The lowest BCUT2D eigenvalue weighted by molar-refractivity contribution is 0.0504. The van der Waals surface area contributed by atoms with Crippen LogP contribution in [-0.2, 0) is 4.74 Å². The number of alkyl carbamates (subject to hydrolysis) is 1. The Morgan fingerprint density at radius 1 is 1.11 bits per heavy atom. The van der Waals surface area contributed by atoms with Crippen molar-refractivity contribution in [1.82, 2.24) is 30.3 Å². The highest BCUT2D eigenvalue weighted by Gasteiger charge is 2.39. The largest absolute Gasteiger partial charge is 0.444 e. The quantitative estimate of drug-likeness (QED) is 0.343. The standard InChI is InChI=1S/C30H36F4N8O4/c1-5-42(19-8-10-40(11-9-19)28-38-25(24(33)34)39-46-28)26(43)17-13-35-27(36-14-17)41-15-21(20-12-18(31)6-7-22(20)32)23(16-41)37-29(44)45-30(2,3)4/h6-7,12-14,19,21,23-24H,5,8-11,15-16H2,1-4H3,(H,37,44). The molecule has 3 aromatic rings. The summed E-state index contributed by atoms with van der Waals surface area (Å²) in [6.07, 6.45) is 0.433. The molecule has 2 aliphatic heterocycles. The Balaban J connectivity index is 1.26. The number of alkyl halides is 2. The Labute approximate surface area is 263 Å². The number of piperidine rings is 1. The number of rotatable bonds is 8. The van der Waals surface area contributed by atoms with E-state index in [0.717, 1.165) is 18.2 Å². The van der Waals surface area contributed by atoms with Crippen molar-refractivity contribution in [3.8, 4) is 0 Å². The van der Waals surface area contributed by atoms with Gasteiger partial charge in [0.15, 0.2) is 0 Å². The lowest BCUT2D eigenvalue weighted by Crippen LogP contribution is -2.47. The first-order valence-electron chi connectivity index (χ1n) is 15.0. The van der Waals surface area contributed by atoms with Gasteiger partial charge in [0, 0.05) is 57.1 Å². The van der Waals surface area contributed by atoms with E-state index in [1.54, 1.807) is 35.5 Å². The highest BCUT2D eigenvalue weighted by atomic mass is 19.3. The smallest absolute Gasteiger partial charge is 0.407 e. The molecule has 2 unspecified atom stereocenters. The number of ether oxygens (including phenoxy) is 1. The first-order chi connectivity index (χ1) is 21.8. The van der Waals surface area contributed by atoms with E-state index in [4.69, 9.17) is 9.26 Å². The number of hydrogen-bond donors (Lipinski definition) is 1. The average molecular weight is 649 g/mol. The van der Waals surface area contributed by atoms with Gasteiger partial charge in [-0.15, -0.1) is 0 Å². The molecule has 0 saturated carbocycles. The molecule has 2 aromatic heterocycles. The van der Waals surface area contributed by atoms with Gasteiger partial charge in [-0.2, -0.15) is 4.98 Å². The molecule has 5 rings (SSSR count). The summed E-state index contributed by atoms with van der Waals surface area (Å²) in [4.78, 5) is 43.8. The summed E-state index contributed by atoms with van der Waals surface area (Å²) in [5.74, 6) is -2.52. The number of amides is 2. The number of benzene rings is 1. The van der Waals surface area contributed by atoms with Crippen molar-refractivity contribution in [2.24, 2.45) is 0 Å². The summed E-state index contributed by atoms with van der Waals surface area (Å²) in [5.41, 5.74) is -0.388. The van der Waals surface area contributed by atoms with Gasteiger partial charge in [-0.1, -0.05) is 5.16 Å². The Morgan fingerprint density at radius 2 is 1.80 bits per heavy atom. The third-order valence-electron chi connectivity index (χ3n) is 7.95. The topological polar surface area (TPSA) is 130 Å². The van der Waals surface area contributed by atoms with Crippen molar-refractivity contribution in [1.29, 1.82) is 0 Å². The van der Waals surface area contributed by atoms with Crippen LogP contribution in [0.2, 0.25) is 0 Å². The predicted molar refractivity (Wildman–Crippen MR) is 158 cm³/mol. The van der Waals surface area contributed by atoms with Gasteiger partial charge in [-0.25, -0.2) is 32.3 Å². The van der Waals surface area contributed by atoms with Gasteiger partial charge >= 0.3 is 18.5 Å². The maximum atomic E-state index is 14.8. The molecular formula is C30H36F4N8O4. The number of hydrogen-bond acceptors (Lipinski definition) is 10. The van der Waals surface area contributed by atoms with Gasteiger partial charge in [0.1, 0.15) is 17.2 Å². The van der Waals surface area contributed by atoms with E-state index in [-0.39, 0.29) is 48.1 Å². The summed E-state index contributed by atoms with van der Waals surface area (Å²) < 4.78 is 65.0. The molecule has 2 fully saturated rings. The second-order valence-corrected chi connectivity index (χ2v) is 12.2. The number of carbonyl (C=O) groups excluding carboxylic acids is 2. The van der Waals surface area contributed by atoms with Gasteiger partial charge in [0.2, 0.25) is 11.8 Å². The normalized spacial score (nSPS) is 19.1. The zero-order valence-electron chi connectivity index (χ0n) is 25.9. The molecule has 1 N–H and O–H groups in total. The minimum Gasteiger partial charge on any atom is -0.444 e. The maximum absolute atomic E-state index is 14.8. The van der Waals surface area contributed by atoms with Crippen molar-refractivity contribution >= 4 is 24.0 Å². The number of anilines is 2. The molecule has 0 bridgehead atoms. The molecule has 0 spiro atoms. The molecule has 0 aliphatic carbocycles. The lowest BCUT2D eigenvalue weighted by atomic mass is 9.94. The highest BCUT2D eigenvalue weighted by Crippen LogP contribution is 2.32. The molecule has 0 radical (unpaired) electrons. The number of nitrogens with zero attached hydrogens (tertiary/aromatic N) is 7. The summed E-state index contributed by atoms with van der Waals surface area (Å²) >= 11 is 0. The van der Waals surface area contributed by atoms with Gasteiger partial charge < -0.3 is 29.3 Å². The van der Waals surface area contributed by atoms with E-state index in [0.29, 0.717) is 32.5 Å². The van der Waals surface area contributed by atoms with Gasteiger partial charge in [-0.05, 0) is 64.3 Å². The Morgan fingerprint density at radius 3 is 2.41 bits per heavy atom.